The van der Waals surface area contributed by atoms with Crippen LogP contribution in [-0.4, -0.2) is 46.3 Å². The Morgan fingerprint density at radius 3 is 1.00 bits per heavy atom. The van der Waals surface area contributed by atoms with Crippen LogP contribution in [0.4, 0.5) is 17.3 Å². The molecule has 2 aromatic heterocycles. The molecule has 4 aliphatic heterocycles. The number of benzene rings is 4. The summed E-state index contributed by atoms with van der Waals surface area (Å²) < 4.78 is 84.2. The Morgan fingerprint density at radius 2 is 0.702 bits per heavy atom. The molecular formula is C66H68B2Cl4F4N4O4. The van der Waals surface area contributed by atoms with Crippen LogP contribution in [0.25, 0.3) is 34.0 Å². The SMILES string of the molecule is CCC1=C(CC)/C(=C2\C=C(c3[nH]c(-c4ccc(C#Cc5ccc(-c6[nH]c(C7=C/C(=C8/[NH+]=C(c9ccccc9)C(CC)=C8CC)O[B-](F)(F)O7)c(CC)c6CC)cc5)cc4)c(CC)c3CC)O[B-](F)(F)O2)[NH+]=C1c1ccccc1.ClCCl.ClCCl. The molecule has 0 saturated carbocycles. The summed E-state index contributed by atoms with van der Waals surface area (Å²) in [5.41, 5.74) is 18.6. The fraction of sp³-hybridized carbons (Fsp3) is 0.273. The lowest BCUT2D eigenvalue weighted by Crippen LogP contribution is -2.69. The molecule has 6 aromatic rings. The molecular weight excluding hydrogens is 1150 g/mol. The molecule has 10 rings (SSSR count). The molecule has 8 nitrogen and oxygen atoms in total. The van der Waals surface area contributed by atoms with Crippen molar-refractivity contribution in [2.24, 2.45) is 0 Å². The second kappa shape index (κ2) is 28.3. The van der Waals surface area contributed by atoms with E-state index in [1.54, 1.807) is 12.2 Å². The van der Waals surface area contributed by atoms with E-state index in [0.717, 1.165) is 114 Å². The predicted octanol–water partition coefficient (Wildman–Crippen LogP) is 15.5. The van der Waals surface area contributed by atoms with E-state index in [-0.39, 0.29) is 33.7 Å². The van der Waals surface area contributed by atoms with Crippen LogP contribution < -0.4 is 9.98 Å². The van der Waals surface area contributed by atoms with Gasteiger partial charge in [-0.3, -0.25) is 0 Å². The van der Waals surface area contributed by atoms with E-state index >= 15 is 17.3 Å². The lowest BCUT2D eigenvalue weighted by molar-refractivity contribution is -0.391. The first kappa shape index (κ1) is 63.0. The van der Waals surface area contributed by atoms with Crippen molar-refractivity contribution in [3.05, 3.63) is 222 Å². The molecule has 0 bridgehead atoms. The van der Waals surface area contributed by atoms with E-state index in [0.29, 0.717) is 61.3 Å². The summed E-state index contributed by atoms with van der Waals surface area (Å²) in [6.07, 6.45) is 8.36. The van der Waals surface area contributed by atoms with Gasteiger partial charge in [0.25, 0.3) is 0 Å². The minimum absolute atomic E-state index is 0.0300. The van der Waals surface area contributed by atoms with E-state index in [9.17, 15) is 0 Å². The third-order valence-electron chi connectivity index (χ3n) is 15.1. The fourth-order valence-corrected chi connectivity index (χ4v) is 11.6. The minimum Gasteiger partial charge on any atom is -0.626 e. The first-order valence-electron chi connectivity index (χ1n) is 28.6. The van der Waals surface area contributed by atoms with Gasteiger partial charge in [-0.05, 0) is 133 Å². The molecule has 4 aliphatic rings. The van der Waals surface area contributed by atoms with Gasteiger partial charge in [-0.1, -0.05) is 128 Å². The molecule has 0 saturated heterocycles. The molecule has 0 radical (unpaired) electrons. The Balaban J connectivity index is 0.00000147. The Bertz CT molecular complexity index is 3460. The summed E-state index contributed by atoms with van der Waals surface area (Å²) in [5, 5.41) is 0.389. The van der Waals surface area contributed by atoms with Gasteiger partial charge < -0.3 is 45.8 Å². The molecule has 4 N–H and O–H groups in total. The van der Waals surface area contributed by atoms with Crippen molar-refractivity contribution in [1.29, 1.82) is 0 Å². The van der Waals surface area contributed by atoms with Crippen LogP contribution in [0.1, 0.15) is 137 Å². The number of hydrogen-bond acceptors (Lipinski definition) is 4. The van der Waals surface area contributed by atoms with Crippen molar-refractivity contribution in [3.63, 3.8) is 0 Å². The smallest absolute Gasteiger partial charge is 0.626 e. The van der Waals surface area contributed by atoms with Crippen molar-refractivity contribution in [1.82, 2.24) is 9.97 Å². The Kier molecular flexibility index (Phi) is 21.2. The predicted molar refractivity (Wildman–Crippen MR) is 338 cm³/mol. The zero-order valence-electron chi connectivity index (χ0n) is 48.4. The van der Waals surface area contributed by atoms with Crippen molar-refractivity contribution < 1.29 is 45.9 Å². The second-order valence-electron chi connectivity index (χ2n) is 19.8. The van der Waals surface area contributed by atoms with Gasteiger partial charge in [0.2, 0.25) is 22.8 Å². The number of halogens is 8. The van der Waals surface area contributed by atoms with Gasteiger partial charge in [0.1, 0.15) is 11.5 Å². The van der Waals surface area contributed by atoms with Gasteiger partial charge in [0.15, 0.2) is 11.5 Å². The number of nitrogens with one attached hydrogen (secondary N) is 4. The third-order valence-corrected chi connectivity index (χ3v) is 15.1. The average Bonchev–Trinajstić information content (AvgIpc) is 4.32. The molecule has 0 atom stereocenters. The van der Waals surface area contributed by atoms with Crippen LogP contribution in [0.5, 0.6) is 0 Å². The van der Waals surface area contributed by atoms with Crippen molar-refractivity contribution in [3.8, 4) is 34.4 Å². The van der Waals surface area contributed by atoms with Crippen LogP contribution in [-0.2, 0) is 44.3 Å². The number of alkyl halides is 4. The van der Waals surface area contributed by atoms with Crippen molar-refractivity contribution in [2.75, 3.05) is 10.7 Å². The quantitative estimate of drug-likeness (QED) is 0.0378. The molecule has 4 aromatic carbocycles. The largest absolute Gasteiger partial charge is 0.726 e. The van der Waals surface area contributed by atoms with E-state index in [2.05, 4.69) is 59.5 Å². The summed E-state index contributed by atoms with van der Waals surface area (Å²) in [7, 11) is -9.39. The van der Waals surface area contributed by atoms with Crippen LogP contribution in [0.3, 0.4) is 0 Å². The zero-order valence-corrected chi connectivity index (χ0v) is 51.5. The van der Waals surface area contributed by atoms with Gasteiger partial charge in [0, 0.05) is 68.1 Å². The first-order chi connectivity index (χ1) is 40.6. The van der Waals surface area contributed by atoms with E-state index in [4.69, 9.17) is 65.0 Å². The molecule has 438 valence electrons. The maximum atomic E-state index is 15.7. The molecule has 0 unspecified atom stereocenters. The van der Waals surface area contributed by atoms with Crippen LogP contribution in [0.2, 0.25) is 0 Å². The highest BCUT2D eigenvalue weighted by atomic mass is 35.5. The van der Waals surface area contributed by atoms with Crippen molar-refractivity contribution in [2.45, 2.75) is 107 Å². The molecule has 0 aliphatic carbocycles. The summed E-state index contributed by atoms with van der Waals surface area (Å²) in [6.45, 7) is 16.3. The highest BCUT2D eigenvalue weighted by Gasteiger charge is 2.44. The molecule has 0 spiro atoms. The van der Waals surface area contributed by atoms with Crippen LogP contribution >= 0.6 is 46.4 Å². The average molecular weight is 1220 g/mol. The molecule has 6 heterocycles. The Hall–Kier alpha value is -7.01. The lowest BCUT2D eigenvalue weighted by atomic mass is 9.95. The number of aromatic nitrogens is 2. The lowest BCUT2D eigenvalue weighted by Gasteiger charge is -2.34. The second-order valence-corrected chi connectivity index (χ2v) is 21.4. The van der Waals surface area contributed by atoms with Crippen LogP contribution in [0, 0.1) is 11.8 Å². The van der Waals surface area contributed by atoms with Gasteiger partial charge in [-0.15, -0.1) is 46.4 Å². The molecule has 18 heteroatoms. The number of allylic oxidation sites excluding steroid dienone is 6. The first-order valence-corrected chi connectivity index (χ1v) is 30.7. The summed E-state index contributed by atoms with van der Waals surface area (Å²) in [4.78, 5) is 13.9. The van der Waals surface area contributed by atoms with Gasteiger partial charge in [0.05, 0.1) is 22.1 Å². The maximum Gasteiger partial charge on any atom is 0.726 e. The minimum atomic E-state index is -4.70. The molecule has 0 amide bonds. The van der Waals surface area contributed by atoms with E-state index in [1.807, 2.05) is 137 Å². The standard InChI is InChI=1S/C64H62B2F4N4O4.2CH2Cl2/c1-9-45-49(13-5)61(71-57(45)41-23-19-17-20-24-41)53-37-55(77-65(67,68)75-53)63-51(15-7)47(11-3)59(73-63)43-33-29-39(30-34-43)27-28-40-31-35-44(36-32-40)60-48(12-4)52(16-8)64(74-60)56-38-54(76-66(69,70)78-56)62-50(14-6)46(10-2)58(72-62)42-25-21-18-22-26-42;2*2-1-3/h17-26,29-38,73-74H,9-16H2,1-8H3;2*1H2/q-2;;/p+2/b61-53-,62-54-;;. The van der Waals surface area contributed by atoms with Crippen LogP contribution in [0.15, 0.2) is 167 Å². The Labute approximate surface area is 510 Å². The number of rotatable bonds is 14. The van der Waals surface area contributed by atoms with Gasteiger partial charge >= 0.3 is 14.2 Å². The number of hydrogen-bond donors (Lipinski definition) is 4. The monoisotopic (exact) mass is 1220 g/mol. The van der Waals surface area contributed by atoms with E-state index in [1.165, 1.54) is 0 Å². The number of aromatic amines is 2. The number of H-pyrrole nitrogens is 2. The normalized spacial score (nSPS) is 17.7. The maximum absolute atomic E-state index is 15.7. The molecule has 84 heavy (non-hydrogen) atoms. The molecule has 0 fully saturated rings. The summed E-state index contributed by atoms with van der Waals surface area (Å²) in [5.74, 6) is 6.74. The zero-order chi connectivity index (χ0) is 60.3. The highest BCUT2D eigenvalue weighted by Crippen LogP contribution is 2.42. The summed E-state index contributed by atoms with van der Waals surface area (Å²) >= 11 is 19.1. The summed E-state index contributed by atoms with van der Waals surface area (Å²) in [6, 6.07) is 35.5. The van der Waals surface area contributed by atoms with Crippen molar-refractivity contribution >= 4 is 83.6 Å². The van der Waals surface area contributed by atoms with Gasteiger partial charge in [-0.2, -0.15) is 0 Å². The fourth-order valence-electron chi connectivity index (χ4n) is 11.6. The third kappa shape index (κ3) is 13.6. The Morgan fingerprint density at radius 1 is 0.393 bits per heavy atom. The van der Waals surface area contributed by atoms with E-state index < -0.39 is 14.2 Å². The van der Waals surface area contributed by atoms with Gasteiger partial charge in [-0.25, -0.2) is 9.98 Å². The highest BCUT2D eigenvalue weighted by molar-refractivity contribution is 6.54. The topological polar surface area (TPSA) is 96.4 Å².